The van der Waals surface area contributed by atoms with Gasteiger partial charge in [-0.15, -0.1) is 0 Å². The maximum atomic E-state index is 11.6. The van der Waals surface area contributed by atoms with Crippen LogP contribution in [0.3, 0.4) is 0 Å². The highest BCUT2D eigenvalue weighted by Crippen LogP contribution is 2.21. The SMILES string of the molecule is CCCC.O=C(O)CN1C(=O)c2ccccc2C1=O. The predicted octanol–water partition coefficient (Wildman–Crippen LogP) is 2.17. The zero-order valence-electron chi connectivity index (χ0n) is 11.0. The monoisotopic (exact) mass is 263 g/mol. The summed E-state index contributed by atoms with van der Waals surface area (Å²) in [7, 11) is 0. The van der Waals surface area contributed by atoms with Crippen LogP contribution in [0, 0.1) is 0 Å². The molecular weight excluding hydrogens is 246 g/mol. The minimum absolute atomic E-state index is 0.267. The molecule has 2 rings (SSSR count). The fourth-order valence-corrected chi connectivity index (χ4v) is 1.52. The standard InChI is InChI=1S/C10H7NO4.C4H10/c12-8(13)5-11-9(14)6-3-1-2-4-7(6)10(11)15;1-3-4-2/h1-4H,5H2,(H,12,13);3-4H2,1-2H3. The smallest absolute Gasteiger partial charge is 0.323 e. The van der Waals surface area contributed by atoms with Gasteiger partial charge in [0.2, 0.25) is 0 Å². The second kappa shape index (κ2) is 6.68. The average Bonchev–Trinajstić information content (AvgIpc) is 2.64. The number of benzene rings is 1. The molecule has 0 atom stereocenters. The maximum absolute atomic E-state index is 11.6. The molecule has 1 aliphatic heterocycles. The first-order valence-corrected chi connectivity index (χ1v) is 6.19. The van der Waals surface area contributed by atoms with E-state index in [2.05, 4.69) is 13.8 Å². The minimum Gasteiger partial charge on any atom is -0.480 e. The van der Waals surface area contributed by atoms with E-state index in [-0.39, 0.29) is 11.1 Å². The molecule has 1 N–H and O–H groups in total. The van der Waals surface area contributed by atoms with Gasteiger partial charge in [0.25, 0.3) is 11.8 Å². The van der Waals surface area contributed by atoms with Crippen molar-refractivity contribution in [2.24, 2.45) is 0 Å². The van der Waals surface area contributed by atoms with Gasteiger partial charge in [0.15, 0.2) is 0 Å². The molecule has 0 aliphatic carbocycles. The van der Waals surface area contributed by atoms with Crippen molar-refractivity contribution in [3.63, 3.8) is 0 Å². The lowest BCUT2D eigenvalue weighted by molar-refractivity contribution is -0.137. The van der Waals surface area contributed by atoms with E-state index in [0.29, 0.717) is 0 Å². The Balaban J connectivity index is 0.000000399. The summed E-state index contributed by atoms with van der Waals surface area (Å²) >= 11 is 0. The van der Waals surface area contributed by atoms with Crippen LogP contribution < -0.4 is 0 Å². The Morgan fingerprint density at radius 3 is 1.79 bits per heavy atom. The molecule has 1 heterocycles. The first-order chi connectivity index (χ1) is 9.02. The molecule has 0 unspecified atom stereocenters. The molecule has 0 fully saturated rings. The van der Waals surface area contributed by atoms with E-state index in [0.717, 1.165) is 4.90 Å². The summed E-state index contributed by atoms with van der Waals surface area (Å²) in [5, 5.41) is 8.54. The van der Waals surface area contributed by atoms with Crippen molar-refractivity contribution in [3.8, 4) is 0 Å². The second-order valence-electron chi connectivity index (χ2n) is 4.14. The van der Waals surface area contributed by atoms with E-state index in [1.54, 1.807) is 12.1 Å². The lowest BCUT2D eigenvalue weighted by atomic mass is 10.1. The summed E-state index contributed by atoms with van der Waals surface area (Å²) < 4.78 is 0. The Bertz CT molecular complexity index is 459. The van der Waals surface area contributed by atoms with Crippen molar-refractivity contribution in [1.82, 2.24) is 4.90 Å². The van der Waals surface area contributed by atoms with Gasteiger partial charge in [-0.05, 0) is 12.1 Å². The average molecular weight is 263 g/mol. The molecule has 0 aromatic heterocycles. The number of carboxylic acids is 1. The van der Waals surface area contributed by atoms with Crippen molar-refractivity contribution >= 4 is 17.8 Å². The molecule has 1 aromatic carbocycles. The lowest BCUT2D eigenvalue weighted by Gasteiger charge is -2.09. The number of unbranched alkanes of at least 4 members (excludes halogenated alkanes) is 1. The topological polar surface area (TPSA) is 74.7 Å². The van der Waals surface area contributed by atoms with Crippen LogP contribution in [0.5, 0.6) is 0 Å². The van der Waals surface area contributed by atoms with Crippen LogP contribution in [-0.2, 0) is 4.79 Å². The third-order valence-corrected chi connectivity index (χ3v) is 2.67. The summed E-state index contributed by atoms with van der Waals surface area (Å²) in [6.07, 6.45) is 2.64. The van der Waals surface area contributed by atoms with Gasteiger partial charge in [-0.1, -0.05) is 38.8 Å². The van der Waals surface area contributed by atoms with Crippen molar-refractivity contribution in [1.29, 1.82) is 0 Å². The van der Waals surface area contributed by atoms with Gasteiger partial charge in [-0.3, -0.25) is 19.3 Å². The highest BCUT2D eigenvalue weighted by Gasteiger charge is 2.35. The van der Waals surface area contributed by atoms with Gasteiger partial charge in [0.1, 0.15) is 6.54 Å². The number of hydrogen-bond acceptors (Lipinski definition) is 3. The lowest BCUT2D eigenvalue weighted by Crippen LogP contribution is -2.34. The number of hydrogen-bond donors (Lipinski definition) is 1. The molecule has 0 spiro atoms. The number of rotatable bonds is 3. The quantitative estimate of drug-likeness (QED) is 0.848. The number of imide groups is 1. The summed E-state index contributed by atoms with van der Waals surface area (Å²) in [6.45, 7) is 3.77. The zero-order valence-corrected chi connectivity index (χ0v) is 11.0. The molecule has 5 heteroatoms. The first kappa shape index (κ1) is 14.9. The van der Waals surface area contributed by atoms with Gasteiger partial charge in [0, 0.05) is 0 Å². The summed E-state index contributed by atoms with van der Waals surface area (Å²) in [5.41, 5.74) is 0.535. The molecule has 2 amide bonds. The number of carbonyl (C=O) groups is 3. The normalized spacial score (nSPS) is 12.8. The maximum Gasteiger partial charge on any atom is 0.323 e. The van der Waals surface area contributed by atoms with Crippen LogP contribution >= 0.6 is 0 Å². The van der Waals surface area contributed by atoms with Gasteiger partial charge >= 0.3 is 5.97 Å². The van der Waals surface area contributed by atoms with Crippen LogP contribution in [0.25, 0.3) is 0 Å². The van der Waals surface area contributed by atoms with Crippen LogP contribution in [-0.4, -0.2) is 34.3 Å². The highest BCUT2D eigenvalue weighted by atomic mass is 16.4. The molecule has 102 valence electrons. The first-order valence-electron chi connectivity index (χ1n) is 6.19. The zero-order chi connectivity index (χ0) is 14.4. The number of carbonyl (C=O) groups excluding carboxylic acids is 2. The summed E-state index contributed by atoms with van der Waals surface area (Å²) in [4.78, 5) is 34.3. The van der Waals surface area contributed by atoms with E-state index < -0.39 is 24.3 Å². The van der Waals surface area contributed by atoms with E-state index in [1.165, 1.54) is 25.0 Å². The number of nitrogens with zero attached hydrogens (tertiary/aromatic N) is 1. The molecule has 5 nitrogen and oxygen atoms in total. The number of aliphatic carboxylic acids is 1. The second-order valence-corrected chi connectivity index (χ2v) is 4.14. The predicted molar refractivity (Wildman–Crippen MR) is 70.0 cm³/mol. The van der Waals surface area contributed by atoms with E-state index in [9.17, 15) is 14.4 Å². The van der Waals surface area contributed by atoms with Crippen LogP contribution in [0.2, 0.25) is 0 Å². The van der Waals surface area contributed by atoms with E-state index in [1.807, 2.05) is 0 Å². The highest BCUT2D eigenvalue weighted by molar-refractivity contribution is 6.22. The Morgan fingerprint density at radius 2 is 1.47 bits per heavy atom. The Kier molecular flexibility index (Phi) is 5.23. The Hall–Kier alpha value is -2.17. The van der Waals surface area contributed by atoms with Gasteiger partial charge < -0.3 is 5.11 Å². The van der Waals surface area contributed by atoms with E-state index in [4.69, 9.17) is 5.11 Å². The van der Waals surface area contributed by atoms with Crippen LogP contribution in [0.4, 0.5) is 0 Å². The van der Waals surface area contributed by atoms with Crippen molar-refractivity contribution in [2.75, 3.05) is 6.54 Å². The van der Waals surface area contributed by atoms with E-state index >= 15 is 0 Å². The number of amides is 2. The Morgan fingerprint density at radius 1 is 1.05 bits per heavy atom. The fraction of sp³-hybridized carbons (Fsp3) is 0.357. The van der Waals surface area contributed by atoms with Crippen molar-refractivity contribution in [3.05, 3.63) is 35.4 Å². The minimum atomic E-state index is -1.20. The Labute approximate surface area is 111 Å². The summed E-state index contributed by atoms with van der Waals surface area (Å²) in [5.74, 6) is -2.29. The number of carboxylic acid groups (broad SMARTS) is 1. The van der Waals surface area contributed by atoms with Crippen LogP contribution in [0.1, 0.15) is 47.4 Å². The van der Waals surface area contributed by atoms with Gasteiger partial charge in [-0.2, -0.15) is 0 Å². The van der Waals surface area contributed by atoms with Gasteiger partial charge in [-0.25, -0.2) is 0 Å². The molecule has 1 aliphatic rings. The number of fused-ring (bicyclic) bond motifs is 1. The van der Waals surface area contributed by atoms with Gasteiger partial charge in [0.05, 0.1) is 11.1 Å². The molecule has 1 aromatic rings. The fourth-order valence-electron chi connectivity index (χ4n) is 1.52. The molecule has 0 radical (unpaired) electrons. The van der Waals surface area contributed by atoms with Crippen LogP contribution in [0.15, 0.2) is 24.3 Å². The molecule has 0 bridgehead atoms. The largest absolute Gasteiger partial charge is 0.480 e. The molecular formula is C14H17NO4. The summed E-state index contributed by atoms with van der Waals surface area (Å²) in [6, 6.07) is 6.29. The van der Waals surface area contributed by atoms with Crippen molar-refractivity contribution in [2.45, 2.75) is 26.7 Å². The molecule has 0 saturated heterocycles. The third kappa shape index (κ3) is 3.40. The molecule has 0 saturated carbocycles. The molecule has 19 heavy (non-hydrogen) atoms. The van der Waals surface area contributed by atoms with Crippen molar-refractivity contribution < 1.29 is 19.5 Å². The third-order valence-electron chi connectivity index (χ3n) is 2.67.